The summed E-state index contributed by atoms with van der Waals surface area (Å²) < 4.78 is 7.15. The minimum atomic E-state index is -1.41. The summed E-state index contributed by atoms with van der Waals surface area (Å²) in [6.07, 6.45) is 2.23. The van der Waals surface area contributed by atoms with E-state index in [1.807, 2.05) is 0 Å². The van der Waals surface area contributed by atoms with Crippen LogP contribution >= 0.6 is 0 Å². The number of ether oxygens (including phenoxy) is 1. The van der Waals surface area contributed by atoms with Crippen molar-refractivity contribution in [2.24, 2.45) is 5.92 Å². The van der Waals surface area contributed by atoms with Gasteiger partial charge >= 0.3 is 0 Å². The Bertz CT molecular complexity index is 1150. The summed E-state index contributed by atoms with van der Waals surface area (Å²) >= 11 is 0. The summed E-state index contributed by atoms with van der Waals surface area (Å²) in [6, 6.07) is 0.0915. The van der Waals surface area contributed by atoms with Crippen LogP contribution in [0.3, 0.4) is 0 Å². The van der Waals surface area contributed by atoms with Crippen LogP contribution in [0, 0.1) is 17.8 Å². The smallest absolute Gasteiger partial charge is 0.252 e. The molecule has 0 radical (unpaired) electrons. The summed E-state index contributed by atoms with van der Waals surface area (Å²) in [5.74, 6) is 5.95. The molecule has 2 unspecified atom stereocenters. The zero-order valence-electron chi connectivity index (χ0n) is 19.0. The number of nitrogens with zero attached hydrogens (tertiary/aromatic N) is 4. The van der Waals surface area contributed by atoms with Crippen LogP contribution in [0.1, 0.15) is 63.9 Å². The van der Waals surface area contributed by atoms with E-state index < -0.39 is 36.0 Å². The number of nitrogens with one attached hydrogen (secondary N) is 1. The topological polar surface area (TPSA) is 169 Å². The van der Waals surface area contributed by atoms with Gasteiger partial charge in [0.25, 0.3) is 5.91 Å². The second-order valence-electron chi connectivity index (χ2n) is 9.62. The van der Waals surface area contributed by atoms with Gasteiger partial charge in [-0.3, -0.25) is 9.36 Å². The summed E-state index contributed by atoms with van der Waals surface area (Å²) in [5.41, 5.74) is 5.52. The third kappa shape index (κ3) is 4.34. The molecule has 34 heavy (non-hydrogen) atoms. The number of anilines is 1. The molecule has 1 aliphatic heterocycles. The lowest BCUT2D eigenvalue weighted by molar-refractivity contribution is -0.137. The van der Waals surface area contributed by atoms with Gasteiger partial charge in [0.1, 0.15) is 23.3 Å². The molecule has 6 N–H and O–H groups in total. The highest BCUT2D eigenvalue weighted by molar-refractivity contribution is 5.83. The Kier molecular flexibility index (Phi) is 5.93. The van der Waals surface area contributed by atoms with Gasteiger partial charge in [-0.05, 0) is 43.9 Å². The number of nitrogen functional groups attached to an aromatic ring is 1. The molecule has 5 rings (SSSR count). The van der Waals surface area contributed by atoms with E-state index >= 15 is 0 Å². The van der Waals surface area contributed by atoms with Crippen LogP contribution in [0.15, 0.2) is 6.33 Å². The second-order valence-corrected chi connectivity index (χ2v) is 9.62. The van der Waals surface area contributed by atoms with Gasteiger partial charge in [-0.1, -0.05) is 25.7 Å². The molecule has 3 aliphatic rings. The number of aliphatic hydroxyl groups excluding tert-OH is 2. The van der Waals surface area contributed by atoms with Crippen molar-refractivity contribution in [1.29, 1.82) is 0 Å². The molecule has 11 heteroatoms. The van der Waals surface area contributed by atoms with Gasteiger partial charge in [0.2, 0.25) is 5.82 Å². The van der Waals surface area contributed by atoms with Crippen molar-refractivity contribution >= 4 is 22.9 Å². The standard InChI is InChI=1S/C23H30N6O5/c1-2-12-4-3-8-23(33,10-12)9-7-14-27-19(24)15-20(28-14)29(11-25-15)22-17(31)16(30)18(34-22)21(32)26-13-5-6-13/h11-13,16-18,22,30-31,33H,2-6,8,10H2,1H3,(H,26,32)(H2,24,27,28)/t12-,16-,17+,18+,22?,23?/m1/s1. The molecular formula is C23H30N6O5. The molecule has 182 valence electrons. The van der Waals surface area contributed by atoms with Crippen molar-refractivity contribution in [3.05, 3.63) is 12.2 Å². The highest BCUT2D eigenvalue weighted by atomic mass is 16.6. The number of nitrogens with two attached hydrogens (primary N) is 1. The number of carbonyl (C=O) groups is 1. The van der Waals surface area contributed by atoms with E-state index in [9.17, 15) is 20.1 Å². The molecule has 3 heterocycles. The highest BCUT2D eigenvalue weighted by Gasteiger charge is 2.48. The molecular weight excluding hydrogens is 440 g/mol. The molecule has 3 fully saturated rings. The third-order valence-electron chi connectivity index (χ3n) is 6.96. The van der Waals surface area contributed by atoms with E-state index in [-0.39, 0.29) is 28.8 Å². The van der Waals surface area contributed by atoms with Gasteiger partial charge in [-0.25, -0.2) is 15.0 Å². The number of hydrogen-bond donors (Lipinski definition) is 5. The van der Waals surface area contributed by atoms with E-state index in [4.69, 9.17) is 10.5 Å². The number of fused-ring (bicyclic) bond motifs is 1. The quantitative estimate of drug-likeness (QED) is 0.386. The molecule has 0 aromatic carbocycles. The Morgan fingerprint density at radius 1 is 1.32 bits per heavy atom. The van der Waals surface area contributed by atoms with Crippen LogP contribution in [-0.2, 0) is 9.53 Å². The number of aromatic nitrogens is 4. The van der Waals surface area contributed by atoms with Gasteiger partial charge in [-0.2, -0.15) is 0 Å². The molecule has 11 nitrogen and oxygen atoms in total. The maximum absolute atomic E-state index is 12.4. The minimum absolute atomic E-state index is 0.0891. The molecule has 0 spiro atoms. The fourth-order valence-electron chi connectivity index (χ4n) is 4.80. The first-order valence-electron chi connectivity index (χ1n) is 11.9. The lowest BCUT2D eigenvalue weighted by Gasteiger charge is -2.32. The van der Waals surface area contributed by atoms with Crippen LogP contribution in [0.2, 0.25) is 0 Å². The van der Waals surface area contributed by atoms with Crippen LogP contribution in [0.5, 0.6) is 0 Å². The molecule has 1 amide bonds. The first-order valence-corrected chi connectivity index (χ1v) is 11.9. The average molecular weight is 471 g/mol. The summed E-state index contributed by atoms with van der Waals surface area (Å²) in [6.45, 7) is 2.11. The first-order chi connectivity index (χ1) is 16.3. The molecule has 2 aliphatic carbocycles. The molecule has 0 bridgehead atoms. The van der Waals surface area contributed by atoms with Gasteiger partial charge in [0.15, 0.2) is 23.8 Å². The summed E-state index contributed by atoms with van der Waals surface area (Å²) in [7, 11) is 0. The molecule has 1 saturated heterocycles. The van der Waals surface area contributed by atoms with E-state index in [0.717, 1.165) is 32.1 Å². The Morgan fingerprint density at radius 2 is 2.12 bits per heavy atom. The maximum atomic E-state index is 12.4. The van der Waals surface area contributed by atoms with Crippen molar-refractivity contribution in [1.82, 2.24) is 24.8 Å². The number of hydrogen-bond acceptors (Lipinski definition) is 9. The van der Waals surface area contributed by atoms with Crippen molar-refractivity contribution in [3.63, 3.8) is 0 Å². The van der Waals surface area contributed by atoms with Gasteiger partial charge in [-0.15, -0.1) is 0 Å². The maximum Gasteiger partial charge on any atom is 0.252 e. The highest BCUT2D eigenvalue weighted by Crippen LogP contribution is 2.34. The summed E-state index contributed by atoms with van der Waals surface area (Å²) in [5, 5.41) is 34.7. The van der Waals surface area contributed by atoms with Gasteiger partial charge in [0.05, 0.1) is 6.33 Å². The van der Waals surface area contributed by atoms with Crippen LogP contribution < -0.4 is 11.1 Å². The van der Waals surface area contributed by atoms with Crippen molar-refractivity contribution < 1.29 is 24.9 Å². The van der Waals surface area contributed by atoms with Crippen molar-refractivity contribution in [3.8, 4) is 11.8 Å². The zero-order chi connectivity index (χ0) is 24.0. The monoisotopic (exact) mass is 470 g/mol. The summed E-state index contributed by atoms with van der Waals surface area (Å²) in [4.78, 5) is 25.3. The minimum Gasteiger partial charge on any atom is -0.387 e. The van der Waals surface area contributed by atoms with Crippen molar-refractivity contribution in [2.45, 2.75) is 88.1 Å². The Labute approximate surface area is 196 Å². The zero-order valence-corrected chi connectivity index (χ0v) is 19.0. The normalized spacial score (nSPS) is 33.5. The Hall–Kier alpha value is -2.78. The molecule has 6 atom stereocenters. The van der Waals surface area contributed by atoms with Crippen LogP contribution in [0.25, 0.3) is 11.2 Å². The number of rotatable bonds is 4. The van der Waals surface area contributed by atoms with Crippen LogP contribution in [0.4, 0.5) is 5.82 Å². The SMILES string of the molecule is CC[C@@H]1CCCC(O)(C#Cc2nc(N)c3ncn(C4O[C@H](C(=O)NC5CC5)[C@H](O)[C@@H]4O)c3n2)C1. The lowest BCUT2D eigenvalue weighted by atomic mass is 9.77. The largest absolute Gasteiger partial charge is 0.387 e. The predicted molar refractivity (Wildman–Crippen MR) is 121 cm³/mol. The first kappa shape index (κ1) is 23.0. The number of amides is 1. The fourth-order valence-corrected chi connectivity index (χ4v) is 4.80. The predicted octanol–water partition coefficient (Wildman–Crippen LogP) is -0.0109. The molecule has 2 aromatic heterocycles. The van der Waals surface area contributed by atoms with Crippen molar-refractivity contribution in [2.75, 3.05) is 5.73 Å². The second kappa shape index (κ2) is 8.78. The van der Waals surface area contributed by atoms with E-state index in [1.165, 1.54) is 10.9 Å². The van der Waals surface area contributed by atoms with Crippen LogP contribution in [-0.4, -0.2) is 70.7 Å². The lowest BCUT2D eigenvalue weighted by Crippen LogP contribution is -2.43. The van der Waals surface area contributed by atoms with E-state index in [1.54, 1.807) is 0 Å². The number of imidazole rings is 1. The molecule has 2 aromatic rings. The fraction of sp³-hybridized carbons (Fsp3) is 0.652. The Morgan fingerprint density at radius 3 is 2.85 bits per heavy atom. The number of carbonyl (C=O) groups excluding carboxylic acids is 1. The van der Waals surface area contributed by atoms with Gasteiger partial charge in [0, 0.05) is 6.04 Å². The van der Waals surface area contributed by atoms with Gasteiger partial charge < -0.3 is 31.1 Å². The Balaban J connectivity index is 1.42. The third-order valence-corrected chi connectivity index (χ3v) is 6.96. The average Bonchev–Trinajstić information content (AvgIpc) is 3.45. The molecule has 2 saturated carbocycles. The number of aliphatic hydroxyl groups is 3. The van der Waals surface area contributed by atoms with E-state index in [2.05, 4.69) is 39.0 Å². The van der Waals surface area contributed by atoms with E-state index in [0.29, 0.717) is 18.8 Å².